The molecule has 118 valence electrons. The van der Waals surface area contributed by atoms with Gasteiger partial charge in [-0.05, 0) is 17.5 Å². The zero-order valence-corrected chi connectivity index (χ0v) is 13.6. The van der Waals surface area contributed by atoms with Gasteiger partial charge in [-0.2, -0.15) is 0 Å². The molecule has 0 unspecified atom stereocenters. The van der Waals surface area contributed by atoms with Gasteiger partial charge in [0.05, 0.1) is 6.61 Å². The summed E-state index contributed by atoms with van der Waals surface area (Å²) in [6, 6.07) is 8.31. The largest absolute Gasteiger partial charge is 0.380 e. The molecule has 1 aromatic carbocycles. The second kappa shape index (κ2) is 11.1. The van der Waals surface area contributed by atoms with Crippen molar-refractivity contribution in [2.24, 2.45) is 4.99 Å². The molecule has 0 heterocycles. The van der Waals surface area contributed by atoms with Crippen LogP contribution in [0.2, 0.25) is 0 Å². The van der Waals surface area contributed by atoms with Crippen molar-refractivity contribution in [2.45, 2.75) is 45.8 Å². The Balaban J connectivity index is 2.38. The second-order valence-corrected chi connectivity index (χ2v) is 5.11. The fourth-order valence-corrected chi connectivity index (χ4v) is 2.18. The van der Waals surface area contributed by atoms with E-state index in [1.807, 2.05) is 13.1 Å². The molecular weight excluding hydrogens is 262 g/mol. The van der Waals surface area contributed by atoms with Gasteiger partial charge in [0.25, 0.3) is 0 Å². The molecule has 1 rings (SSSR count). The van der Waals surface area contributed by atoms with Gasteiger partial charge in [0.15, 0.2) is 5.96 Å². The number of methoxy groups -OCH3 is 1. The Morgan fingerprint density at radius 3 is 2.52 bits per heavy atom. The maximum Gasteiger partial charge on any atom is 0.191 e. The van der Waals surface area contributed by atoms with Crippen molar-refractivity contribution in [1.29, 1.82) is 0 Å². The van der Waals surface area contributed by atoms with E-state index in [-0.39, 0.29) is 0 Å². The van der Waals surface area contributed by atoms with Crippen LogP contribution in [0.3, 0.4) is 0 Å². The quantitative estimate of drug-likeness (QED) is 0.417. The third-order valence-electron chi connectivity index (χ3n) is 3.41. The number of nitrogens with zero attached hydrogens (tertiary/aromatic N) is 1. The Labute approximate surface area is 129 Å². The molecular formula is C17H29N3O. The van der Waals surface area contributed by atoms with E-state index < -0.39 is 0 Å². The van der Waals surface area contributed by atoms with Crippen molar-refractivity contribution in [1.82, 2.24) is 10.6 Å². The number of benzene rings is 1. The number of guanidine groups is 1. The fourth-order valence-electron chi connectivity index (χ4n) is 2.18. The molecule has 0 bridgehead atoms. The third kappa shape index (κ3) is 7.14. The second-order valence-electron chi connectivity index (χ2n) is 5.11. The lowest BCUT2D eigenvalue weighted by Gasteiger charge is -2.14. The SMILES string of the molecule is CCCCCCNC(=NC)NCc1ccccc1COC. The van der Waals surface area contributed by atoms with E-state index in [0.29, 0.717) is 6.61 Å². The van der Waals surface area contributed by atoms with Crippen LogP contribution >= 0.6 is 0 Å². The minimum absolute atomic E-state index is 0.640. The average Bonchev–Trinajstić information content (AvgIpc) is 2.51. The van der Waals surface area contributed by atoms with Gasteiger partial charge in [0.1, 0.15) is 0 Å². The van der Waals surface area contributed by atoms with Crippen LogP contribution in [0.4, 0.5) is 0 Å². The molecule has 0 aliphatic heterocycles. The summed E-state index contributed by atoms with van der Waals surface area (Å²) in [7, 11) is 3.53. The molecule has 0 fully saturated rings. The molecule has 4 nitrogen and oxygen atoms in total. The van der Waals surface area contributed by atoms with Crippen LogP contribution in [0.15, 0.2) is 29.3 Å². The van der Waals surface area contributed by atoms with Gasteiger partial charge in [-0.1, -0.05) is 50.5 Å². The monoisotopic (exact) mass is 291 g/mol. The smallest absolute Gasteiger partial charge is 0.191 e. The predicted octanol–water partition coefficient (Wildman–Crippen LogP) is 3.08. The van der Waals surface area contributed by atoms with Crippen molar-refractivity contribution in [3.63, 3.8) is 0 Å². The van der Waals surface area contributed by atoms with Crippen molar-refractivity contribution in [3.05, 3.63) is 35.4 Å². The van der Waals surface area contributed by atoms with E-state index in [1.54, 1.807) is 7.11 Å². The molecule has 1 aromatic rings. The molecule has 0 radical (unpaired) electrons. The first-order chi connectivity index (χ1) is 10.3. The summed E-state index contributed by atoms with van der Waals surface area (Å²) in [6.45, 7) is 4.60. The lowest BCUT2D eigenvalue weighted by Crippen LogP contribution is -2.37. The molecule has 4 heteroatoms. The predicted molar refractivity (Wildman–Crippen MR) is 89.5 cm³/mol. The highest BCUT2D eigenvalue weighted by Crippen LogP contribution is 2.09. The summed E-state index contributed by atoms with van der Waals surface area (Å²) in [5.41, 5.74) is 2.46. The van der Waals surface area contributed by atoms with E-state index >= 15 is 0 Å². The summed E-state index contributed by atoms with van der Waals surface area (Å²) in [5.74, 6) is 0.860. The van der Waals surface area contributed by atoms with Crippen LogP contribution in [0, 0.1) is 0 Å². The summed E-state index contributed by atoms with van der Waals surface area (Å²) in [6.07, 6.45) is 5.04. The molecule has 0 amide bonds. The minimum Gasteiger partial charge on any atom is -0.380 e. The van der Waals surface area contributed by atoms with Gasteiger partial charge in [0, 0.05) is 27.2 Å². The van der Waals surface area contributed by atoms with Crippen LogP contribution in [0.1, 0.15) is 43.7 Å². The Hall–Kier alpha value is -1.55. The van der Waals surface area contributed by atoms with Gasteiger partial charge in [-0.25, -0.2) is 0 Å². The van der Waals surface area contributed by atoms with Gasteiger partial charge >= 0.3 is 0 Å². The van der Waals surface area contributed by atoms with Crippen molar-refractivity contribution >= 4 is 5.96 Å². The highest BCUT2D eigenvalue weighted by Gasteiger charge is 2.03. The van der Waals surface area contributed by atoms with E-state index in [2.05, 4.69) is 40.7 Å². The third-order valence-corrected chi connectivity index (χ3v) is 3.41. The molecule has 0 atom stereocenters. The maximum atomic E-state index is 5.23. The molecule has 0 aliphatic rings. The molecule has 21 heavy (non-hydrogen) atoms. The number of hydrogen-bond donors (Lipinski definition) is 2. The summed E-state index contributed by atoms with van der Waals surface area (Å²) < 4.78 is 5.23. The first kappa shape index (κ1) is 17.5. The normalized spacial score (nSPS) is 11.5. The Morgan fingerprint density at radius 2 is 1.86 bits per heavy atom. The number of hydrogen-bond acceptors (Lipinski definition) is 2. The minimum atomic E-state index is 0.640. The van der Waals surface area contributed by atoms with Crippen LogP contribution in [0.25, 0.3) is 0 Å². The highest BCUT2D eigenvalue weighted by molar-refractivity contribution is 5.79. The molecule has 2 N–H and O–H groups in total. The maximum absolute atomic E-state index is 5.23. The number of ether oxygens (including phenoxy) is 1. The topological polar surface area (TPSA) is 45.7 Å². The number of unbranched alkanes of at least 4 members (excludes halogenated alkanes) is 3. The first-order valence-corrected chi connectivity index (χ1v) is 7.82. The molecule has 0 aliphatic carbocycles. The molecule has 0 saturated heterocycles. The van der Waals surface area contributed by atoms with E-state index in [1.165, 1.54) is 36.8 Å². The lowest BCUT2D eigenvalue weighted by atomic mass is 10.1. The molecule has 0 aromatic heterocycles. The fraction of sp³-hybridized carbons (Fsp3) is 0.588. The molecule has 0 spiro atoms. The Kier molecular flexibility index (Phi) is 9.29. The summed E-state index contributed by atoms with van der Waals surface area (Å²) in [4.78, 5) is 4.26. The standard InChI is InChI=1S/C17H29N3O/c1-4-5-6-9-12-19-17(18-2)20-13-15-10-7-8-11-16(15)14-21-3/h7-8,10-11H,4-6,9,12-14H2,1-3H3,(H2,18,19,20). The van der Waals surface area contributed by atoms with Crippen LogP contribution < -0.4 is 10.6 Å². The van der Waals surface area contributed by atoms with Crippen LogP contribution in [-0.4, -0.2) is 26.7 Å². The number of nitrogens with one attached hydrogen (secondary N) is 2. The number of rotatable bonds is 9. The highest BCUT2D eigenvalue weighted by atomic mass is 16.5. The summed E-state index contributed by atoms with van der Waals surface area (Å²) in [5, 5.41) is 6.72. The van der Waals surface area contributed by atoms with Crippen molar-refractivity contribution in [2.75, 3.05) is 20.7 Å². The van der Waals surface area contributed by atoms with E-state index in [4.69, 9.17) is 4.74 Å². The zero-order chi connectivity index (χ0) is 15.3. The lowest BCUT2D eigenvalue weighted by molar-refractivity contribution is 0.184. The Morgan fingerprint density at radius 1 is 1.10 bits per heavy atom. The van der Waals surface area contributed by atoms with Gasteiger partial charge in [0.2, 0.25) is 0 Å². The first-order valence-electron chi connectivity index (χ1n) is 7.82. The van der Waals surface area contributed by atoms with Crippen molar-refractivity contribution in [3.8, 4) is 0 Å². The Bertz CT molecular complexity index is 418. The summed E-state index contributed by atoms with van der Waals surface area (Å²) >= 11 is 0. The zero-order valence-electron chi connectivity index (χ0n) is 13.6. The van der Waals surface area contributed by atoms with Gasteiger partial charge in [-0.3, -0.25) is 4.99 Å². The van der Waals surface area contributed by atoms with Crippen LogP contribution in [0.5, 0.6) is 0 Å². The van der Waals surface area contributed by atoms with Gasteiger partial charge in [-0.15, -0.1) is 0 Å². The van der Waals surface area contributed by atoms with E-state index in [9.17, 15) is 0 Å². The number of aliphatic imine (C=N–C) groups is 1. The van der Waals surface area contributed by atoms with E-state index in [0.717, 1.165) is 19.0 Å². The van der Waals surface area contributed by atoms with Crippen molar-refractivity contribution < 1.29 is 4.74 Å². The average molecular weight is 291 g/mol. The van der Waals surface area contributed by atoms with Gasteiger partial charge < -0.3 is 15.4 Å². The molecule has 0 saturated carbocycles. The van der Waals surface area contributed by atoms with Crippen LogP contribution in [-0.2, 0) is 17.9 Å².